The van der Waals surface area contributed by atoms with E-state index in [-0.39, 0.29) is 5.96 Å². The molecule has 0 aromatic heterocycles. The lowest BCUT2D eigenvalue weighted by molar-refractivity contribution is 0.369. The van der Waals surface area contributed by atoms with Gasteiger partial charge in [-0.25, -0.2) is 4.99 Å². The number of methoxy groups -OCH3 is 4. The van der Waals surface area contributed by atoms with E-state index in [1.807, 2.05) is 24.3 Å². The lowest BCUT2D eigenvalue weighted by Gasteiger charge is -2.14. The van der Waals surface area contributed by atoms with Gasteiger partial charge in [-0.05, 0) is 24.3 Å². The van der Waals surface area contributed by atoms with Crippen LogP contribution in [0.15, 0.2) is 41.4 Å². The lowest BCUT2D eigenvalue weighted by Crippen LogP contribution is -2.22. The minimum absolute atomic E-state index is 0.282. The highest BCUT2D eigenvalue weighted by Crippen LogP contribution is 2.34. The Bertz CT molecular complexity index is 705. The summed E-state index contributed by atoms with van der Waals surface area (Å²) in [5, 5.41) is 3.03. The van der Waals surface area contributed by atoms with E-state index >= 15 is 0 Å². The summed E-state index contributed by atoms with van der Waals surface area (Å²) < 4.78 is 21.2. The predicted octanol–water partition coefficient (Wildman–Crippen LogP) is 2.65. The van der Waals surface area contributed by atoms with Gasteiger partial charge in [-0.1, -0.05) is 0 Å². The molecule has 0 bridgehead atoms. The minimum atomic E-state index is 0.282. The molecule has 0 spiro atoms. The third-order valence-electron chi connectivity index (χ3n) is 3.59. The molecule has 0 heterocycles. The number of rotatable bonds is 7. The largest absolute Gasteiger partial charge is 0.497 e. The van der Waals surface area contributed by atoms with Crippen molar-refractivity contribution in [2.45, 2.75) is 6.54 Å². The summed E-state index contributed by atoms with van der Waals surface area (Å²) in [5.41, 5.74) is 7.56. The number of nitrogens with one attached hydrogen (secondary N) is 1. The van der Waals surface area contributed by atoms with Gasteiger partial charge in [-0.3, -0.25) is 0 Å². The van der Waals surface area contributed by atoms with Crippen LogP contribution in [0.2, 0.25) is 0 Å². The number of anilines is 1. The van der Waals surface area contributed by atoms with Crippen LogP contribution in [0.3, 0.4) is 0 Å². The van der Waals surface area contributed by atoms with Crippen molar-refractivity contribution in [2.24, 2.45) is 10.7 Å². The fourth-order valence-electron chi connectivity index (χ4n) is 2.26. The van der Waals surface area contributed by atoms with Crippen LogP contribution in [0.5, 0.6) is 23.0 Å². The summed E-state index contributed by atoms with van der Waals surface area (Å²) in [5.74, 6) is 2.94. The van der Waals surface area contributed by atoms with E-state index < -0.39 is 0 Å². The van der Waals surface area contributed by atoms with E-state index in [4.69, 9.17) is 24.7 Å². The lowest BCUT2D eigenvalue weighted by atomic mass is 10.1. The molecule has 0 unspecified atom stereocenters. The van der Waals surface area contributed by atoms with Crippen molar-refractivity contribution in [1.29, 1.82) is 0 Å². The highest BCUT2D eigenvalue weighted by molar-refractivity contribution is 5.92. The fourth-order valence-corrected chi connectivity index (χ4v) is 2.26. The summed E-state index contributed by atoms with van der Waals surface area (Å²) in [4.78, 5) is 4.36. The molecule has 7 nitrogen and oxygen atoms in total. The molecule has 0 saturated carbocycles. The van der Waals surface area contributed by atoms with Gasteiger partial charge in [0.15, 0.2) is 5.96 Å². The summed E-state index contributed by atoms with van der Waals surface area (Å²) in [6, 6.07) is 10.9. The predicted molar refractivity (Wildman–Crippen MR) is 98.0 cm³/mol. The average molecular weight is 345 g/mol. The average Bonchev–Trinajstić information content (AvgIpc) is 2.66. The van der Waals surface area contributed by atoms with Crippen molar-refractivity contribution in [2.75, 3.05) is 33.8 Å². The minimum Gasteiger partial charge on any atom is -0.497 e. The maximum absolute atomic E-state index is 5.96. The first-order chi connectivity index (χ1) is 12.1. The van der Waals surface area contributed by atoms with Crippen molar-refractivity contribution < 1.29 is 18.9 Å². The summed E-state index contributed by atoms with van der Waals surface area (Å²) in [6.07, 6.45) is 0. The Hall–Kier alpha value is -3.09. The van der Waals surface area contributed by atoms with E-state index in [1.165, 1.54) is 0 Å². The second-order valence-electron chi connectivity index (χ2n) is 5.07. The highest BCUT2D eigenvalue weighted by Gasteiger charge is 2.13. The Morgan fingerprint density at radius 3 is 1.92 bits per heavy atom. The van der Waals surface area contributed by atoms with Gasteiger partial charge in [-0.15, -0.1) is 0 Å². The van der Waals surface area contributed by atoms with Crippen molar-refractivity contribution in [3.63, 3.8) is 0 Å². The summed E-state index contributed by atoms with van der Waals surface area (Å²) in [6.45, 7) is 0.297. The number of aliphatic imine (C=N–C) groups is 1. The molecule has 2 aromatic rings. The number of guanidine groups is 1. The Morgan fingerprint density at radius 1 is 0.880 bits per heavy atom. The summed E-state index contributed by atoms with van der Waals surface area (Å²) >= 11 is 0. The number of nitrogens with two attached hydrogens (primary N) is 1. The van der Waals surface area contributed by atoms with E-state index in [2.05, 4.69) is 10.3 Å². The van der Waals surface area contributed by atoms with Crippen molar-refractivity contribution in [1.82, 2.24) is 0 Å². The summed E-state index contributed by atoms with van der Waals surface area (Å²) in [7, 11) is 6.37. The Balaban J connectivity index is 2.16. The first-order valence-corrected chi connectivity index (χ1v) is 7.61. The van der Waals surface area contributed by atoms with Crippen LogP contribution in [0, 0.1) is 0 Å². The first kappa shape index (κ1) is 18.3. The van der Waals surface area contributed by atoms with Crippen LogP contribution >= 0.6 is 0 Å². The van der Waals surface area contributed by atoms with Gasteiger partial charge in [-0.2, -0.15) is 0 Å². The van der Waals surface area contributed by atoms with Crippen molar-refractivity contribution in [3.05, 3.63) is 42.0 Å². The number of benzene rings is 2. The molecule has 2 aromatic carbocycles. The van der Waals surface area contributed by atoms with Crippen LogP contribution < -0.4 is 30.0 Å². The van der Waals surface area contributed by atoms with Gasteiger partial charge in [0.2, 0.25) is 0 Å². The quantitative estimate of drug-likeness (QED) is 0.592. The molecule has 134 valence electrons. The van der Waals surface area contributed by atoms with Gasteiger partial charge in [0.1, 0.15) is 23.0 Å². The van der Waals surface area contributed by atoms with Crippen LogP contribution in [-0.2, 0) is 6.54 Å². The monoisotopic (exact) mass is 345 g/mol. The Labute approximate surface area is 147 Å². The SMILES string of the molecule is COc1ccc(NC(N)=NCc2c(OC)cc(OC)cc2OC)cc1. The molecule has 0 radical (unpaired) electrons. The van der Waals surface area contributed by atoms with Gasteiger partial charge in [0, 0.05) is 17.8 Å². The second-order valence-corrected chi connectivity index (χ2v) is 5.07. The number of hydrogen-bond donors (Lipinski definition) is 2. The first-order valence-electron chi connectivity index (χ1n) is 7.61. The van der Waals surface area contributed by atoms with Crippen molar-refractivity contribution >= 4 is 11.6 Å². The van der Waals surface area contributed by atoms with E-state index in [0.717, 1.165) is 17.0 Å². The Morgan fingerprint density at radius 2 is 1.44 bits per heavy atom. The topological polar surface area (TPSA) is 87.3 Å². The van der Waals surface area contributed by atoms with Crippen molar-refractivity contribution in [3.8, 4) is 23.0 Å². The van der Waals surface area contributed by atoms with Gasteiger partial charge in [0.25, 0.3) is 0 Å². The van der Waals surface area contributed by atoms with E-state index in [0.29, 0.717) is 23.8 Å². The molecule has 7 heteroatoms. The van der Waals surface area contributed by atoms with Crippen LogP contribution in [0.1, 0.15) is 5.56 Å². The van der Waals surface area contributed by atoms with Crippen LogP contribution in [0.25, 0.3) is 0 Å². The molecule has 25 heavy (non-hydrogen) atoms. The molecule has 0 fully saturated rings. The van der Waals surface area contributed by atoms with Crippen LogP contribution in [0.4, 0.5) is 5.69 Å². The van der Waals surface area contributed by atoms with E-state index in [1.54, 1.807) is 40.6 Å². The molecular weight excluding hydrogens is 322 g/mol. The van der Waals surface area contributed by atoms with Crippen LogP contribution in [-0.4, -0.2) is 34.4 Å². The maximum Gasteiger partial charge on any atom is 0.193 e. The molecule has 2 rings (SSSR count). The molecule has 0 aliphatic rings. The zero-order valence-corrected chi connectivity index (χ0v) is 14.8. The van der Waals surface area contributed by atoms with Gasteiger partial charge >= 0.3 is 0 Å². The smallest absolute Gasteiger partial charge is 0.193 e. The zero-order chi connectivity index (χ0) is 18.2. The molecule has 3 N–H and O–H groups in total. The van der Waals surface area contributed by atoms with Gasteiger partial charge < -0.3 is 30.0 Å². The Kier molecular flexibility index (Phi) is 6.33. The number of ether oxygens (including phenoxy) is 4. The van der Waals surface area contributed by atoms with E-state index in [9.17, 15) is 0 Å². The number of hydrogen-bond acceptors (Lipinski definition) is 5. The highest BCUT2D eigenvalue weighted by atomic mass is 16.5. The zero-order valence-electron chi connectivity index (χ0n) is 14.8. The van der Waals surface area contributed by atoms with Gasteiger partial charge in [0.05, 0.1) is 40.5 Å². The molecule has 0 aliphatic carbocycles. The molecule has 0 saturated heterocycles. The number of nitrogens with zero attached hydrogens (tertiary/aromatic N) is 1. The third kappa shape index (κ3) is 4.69. The standard InChI is InChI=1S/C18H23N3O4/c1-22-13-7-5-12(6-8-13)21-18(19)20-11-15-16(24-3)9-14(23-2)10-17(15)25-4/h5-10H,11H2,1-4H3,(H3,19,20,21). The second kappa shape index (κ2) is 8.68. The molecule has 0 amide bonds. The fraction of sp³-hybridized carbons (Fsp3) is 0.278. The third-order valence-corrected chi connectivity index (χ3v) is 3.59. The maximum atomic E-state index is 5.96. The molecular formula is C18H23N3O4. The molecule has 0 aliphatic heterocycles. The molecule has 0 atom stereocenters. The normalized spacial score (nSPS) is 11.0.